The van der Waals surface area contributed by atoms with E-state index < -0.39 is 0 Å². The Hall–Kier alpha value is -2.29. The molecule has 0 aliphatic rings. The molecule has 0 unspecified atom stereocenters. The first-order valence-electron chi connectivity index (χ1n) is 6.78. The molecule has 0 fully saturated rings. The molecule has 0 aliphatic heterocycles. The molecule has 0 saturated heterocycles. The number of benzene rings is 2. The molecule has 20 heavy (non-hydrogen) atoms. The second-order valence-electron chi connectivity index (χ2n) is 3.78. The summed E-state index contributed by atoms with van der Waals surface area (Å²) in [6.45, 7) is 5.89. The van der Waals surface area contributed by atoms with E-state index >= 15 is 0 Å². The molecule has 0 amide bonds. The zero-order chi connectivity index (χ0) is 14.8. The molecule has 0 spiro atoms. The Kier molecular flexibility index (Phi) is 6.90. The van der Waals surface area contributed by atoms with Crippen molar-refractivity contribution in [3.05, 3.63) is 60.4 Å². The van der Waals surface area contributed by atoms with Gasteiger partial charge >= 0.3 is 5.90 Å². The maximum Gasteiger partial charge on any atom is 0.420 e. The summed E-state index contributed by atoms with van der Waals surface area (Å²) in [4.78, 5) is 4.92. The SMILES string of the molecule is C/C=C/O/C(=[NH+]/OC)c1ccc2ccccc2c1.CC. The van der Waals surface area contributed by atoms with Crippen LogP contribution in [0, 0.1) is 0 Å². The van der Waals surface area contributed by atoms with Crippen LogP contribution in [0.25, 0.3) is 10.8 Å². The van der Waals surface area contributed by atoms with E-state index in [0.29, 0.717) is 5.90 Å². The van der Waals surface area contributed by atoms with E-state index in [-0.39, 0.29) is 0 Å². The molecule has 0 saturated carbocycles. The smallest absolute Gasteiger partial charge is 0.410 e. The van der Waals surface area contributed by atoms with Crippen LogP contribution in [0.4, 0.5) is 0 Å². The number of rotatable bonds is 3. The van der Waals surface area contributed by atoms with Crippen molar-refractivity contribution in [2.24, 2.45) is 0 Å². The van der Waals surface area contributed by atoms with Gasteiger partial charge in [-0.1, -0.05) is 50.3 Å². The maximum atomic E-state index is 5.47. The average molecular weight is 272 g/mol. The molecule has 0 radical (unpaired) electrons. The van der Waals surface area contributed by atoms with Crippen molar-refractivity contribution in [3.8, 4) is 0 Å². The Balaban J connectivity index is 0.000000956. The van der Waals surface area contributed by atoms with Gasteiger partial charge in [0.1, 0.15) is 7.11 Å². The van der Waals surface area contributed by atoms with Crippen LogP contribution in [0.5, 0.6) is 0 Å². The van der Waals surface area contributed by atoms with E-state index in [4.69, 9.17) is 9.57 Å². The third-order valence-corrected chi connectivity index (χ3v) is 2.53. The van der Waals surface area contributed by atoms with E-state index in [1.807, 2.05) is 45.0 Å². The van der Waals surface area contributed by atoms with Gasteiger partial charge in [-0.2, -0.15) is 0 Å². The summed E-state index contributed by atoms with van der Waals surface area (Å²) >= 11 is 0. The van der Waals surface area contributed by atoms with E-state index in [1.165, 1.54) is 5.39 Å². The molecule has 0 heterocycles. The maximum absolute atomic E-state index is 5.47. The largest absolute Gasteiger partial charge is 0.420 e. The monoisotopic (exact) mass is 272 g/mol. The fraction of sp³-hybridized carbons (Fsp3) is 0.235. The number of fused-ring (bicyclic) bond motifs is 1. The van der Waals surface area contributed by atoms with Crippen molar-refractivity contribution in [3.63, 3.8) is 0 Å². The van der Waals surface area contributed by atoms with Gasteiger partial charge in [0.25, 0.3) is 0 Å². The lowest BCUT2D eigenvalue weighted by Crippen LogP contribution is -2.71. The van der Waals surface area contributed by atoms with E-state index in [9.17, 15) is 0 Å². The van der Waals surface area contributed by atoms with Gasteiger partial charge in [-0.3, -0.25) is 4.84 Å². The third-order valence-electron chi connectivity index (χ3n) is 2.53. The van der Waals surface area contributed by atoms with Gasteiger partial charge < -0.3 is 4.74 Å². The summed E-state index contributed by atoms with van der Waals surface area (Å²) < 4.78 is 5.47. The molecular formula is C17H22NO2+. The number of nitrogens with one attached hydrogen (secondary N) is 1. The van der Waals surface area contributed by atoms with Crippen LogP contribution < -0.4 is 5.16 Å². The molecule has 0 atom stereocenters. The predicted octanol–water partition coefficient (Wildman–Crippen LogP) is 2.80. The second-order valence-corrected chi connectivity index (χ2v) is 3.78. The van der Waals surface area contributed by atoms with Crippen molar-refractivity contribution >= 4 is 16.7 Å². The van der Waals surface area contributed by atoms with Gasteiger partial charge in [0, 0.05) is 5.16 Å². The molecule has 0 aromatic heterocycles. The van der Waals surface area contributed by atoms with E-state index in [0.717, 1.165) is 10.9 Å². The van der Waals surface area contributed by atoms with Crippen LogP contribution >= 0.6 is 0 Å². The summed E-state index contributed by atoms with van der Waals surface area (Å²) in [5.74, 6) is 0.571. The molecule has 106 valence electrons. The quantitative estimate of drug-likeness (QED) is 0.403. The first-order valence-corrected chi connectivity index (χ1v) is 6.78. The topological polar surface area (TPSA) is 32.4 Å². The number of hydrogen-bond acceptors (Lipinski definition) is 2. The van der Waals surface area contributed by atoms with Crippen LogP contribution in [0.15, 0.2) is 54.8 Å². The lowest BCUT2D eigenvalue weighted by atomic mass is 10.1. The number of hydrogen-bond donors (Lipinski definition) is 1. The molecule has 0 bridgehead atoms. The van der Waals surface area contributed by atoms with Gasteiger partial charge in [-0.25, -0.2) is 0 Å². The Morgan fingerprint density at radius 3 is 2.40 bits per heavy atom. The van der Waals surface area contributed by atoms with Gasteiger partial charge in [-0.05, 0) is 29.8 Å². The summed E-state index contributed by atoms with van der Waals surface area (Å²) in [7, 11) is 1.56. The lowest BCUT2D eigenvalue weighted by Gasteiger charge is -2.01. The molecule has 3 heteroatoms. The van der Waals surface area contributed by atoms with Crippen LogP contribution in [0.2, 0.25) is 0 Å². The summed E-state index contributed by atoms with van der Waals surface area (Å²) in [5.41, 5.74) is 0.939. The van der Waals surface area contributed by atoms with Crippen molar-refractivity contribution in [2.45, 2.75) is 20.8 Å². The summed E-state index contributed by atoms with van der Waals surface area (Å²) in [5, 5.41) is 5.10. The van der Waals surface area contributed by atoms with Gasteiger partial charge in [0.15, 0.2) is 0 Å². The highest BCUT2D eigenvalue weighted by molar-refractivity contribution is 5.95. The Labute approximate surface area is 120 Å². The minimum atomic E-state index is 0.571. The minimum Gasteiger partial charge on any atom is -0.410 e. The van der Waals surface area contributed by atoms with E-state index in [1.54, 1.807) is 13.4 Å². The highest BCUT2D eigenvalue weighted by Crippen LogP contribution is 2.15. The highest BCUT2D eigenvalue weighted by Gasteiger charge is 2.12. The minimum absolute atomic E-state index is 0.571. The molecule has 2 aromatic rings. The van der Waals surface area contributed by atoms with Crippen LogP contribution in [-0.2, 0) is 9.57 Å². The highest BCUT2D eigenvalue weighted by atomic mass is 16.6. The van der Waals surface area contributed by atoms with Crippen LogP contribution in [0.3, 0.4) is 0 Å². The van der Waals surface area contributed by atoms with Crippen molar-refractivity contribution in [2.75, 3.05) is 7.11 Å². The normalized spacial score (nSPS) is 11.1. The van der Waals surface area contributed by atoms with E-state index in [2.05, 4.69) is 29.4 Å². The molecule has 1 N–H and O–H groups in total. The first kappa shape index (κ1) is 15.8. The molecule has 0 aliphatic carbocycles. The van der Waals surface area contributed by atoms with Gasteiger partial charge in [-0.15, -0.1) is 0 Å². The van der Waals surface area contributed by atoms with Gasteiger partial charge in [0.05, 0.1) is 11.8 Å². The van der Waals surface area contributed by atoms with Crippen molar-refractivity contribution in [1.29, 1.82) is 0 Å². The van der Waals surface area contributed by atoms with Gasteiger partial charge in [0.2, 0.25) is 0 Å². The Bertz CT molecular complexity index is 588. The number of allylic oxidation sites excluding steroid dienone is 1. The first-order chi connectivity index (χ1) is 9.85. The van der Waals surface area contributed by atoms with Crippen molar-refractivity contribution < 1.29 is 14.7 Å². The second kappa shape index (κ2) is 8.75. The molecular weight excluding hydrogens is 250 g/mol. The lowest BCUT2D eigenvalue weighted by molar-refractivity contribution is -0.748. The Morgan fingerprint density at radius 1 is 1.05 bits per heavy atom. The standard InChI is InChI=1S/C15H15NO2.C2H6/c1-3-10-18-15(16-17-2)14-9-8-12-6-4-5-7-13(12)11-14;1-2/h3-11H,1-2H3;1-2H3/p+1/b10-3+,16-15+;. The summed E-state index contributed by atoms with van der Waals surface area (Å²) in [6, 6.07) is 14.3. The third kappa shape index (κ3) is 4.12. The van der Waals surface area contributed by atoms with Crippen molar-refractivity contribution in [1.82, 2.24) is 0 Å². The molecule has 3 nitrogen and oxygen atoms in total. The summed E-state index contributed by atoms with van der Waals surface area (Å²) in [6.07, 6.45) is 3.43. The Morgan fingerprint density at radius 2 is 1.75 bits per heavy atom. The average Bonchev–Trinajstić information content (AvgIpc) is 2.53. The fourth-order valence-corrected chi connectivity index (χ4v) is 1.71. The molecule has 2 rings (SSSR count). The van der Waals surface area contributed by atoms with Crippen LogP contribution in [-0.4, -0.2) is 13.0 Å². The number of ether oxygens (including phenoxy) is 1. The predicted molar refractivity (Wildman–Crippen MR) is 83.3 cm³/mol. The molecule has 2 aromatic carbocycles. The zero-order valence-electron chi connectivity index (χ0n) is 12.5. The fourth-order valence-electron chi connectivity index (χ4n) is 1.71. The van der Waals surface area contributed by atoms with Crippen LogP contribution in [0.1, 0.15) is 26.3 Å². The zero-order valence-corrected chi connectivity index (χ0v) is 12.5.